The third kappa shape index (κ3) is 9.47. The van der Waals surface area contributed by atoms with Crippen LogP contribution in [0, 0.1) is 11.8 Å². The van der Waals surface area contributed by atoms with Crippen LogP contribution < -0.4 is 0 Å². The molecule has 4 heteroatoms. The third-order valence-corrected chi connectivity index (χ3v) is 8.02. The molecule has 1 aliphatic carbocycles. The zero-order valence-corrected chi connectivity index (χ0v) is 23.3. The van der Waals surface area contributed by atoms with Gasteiger partial charge in [0.1, 0.15) is 17.5 Å². The molecule has 2 aromatic rings. The number of ketones is 2. The van der Waals surface area contributed by atoms with Gasteiger partial charge in [0.2, 0.25) is 0 Å². The summed E-state index contributed by atoms with van der Waals surface area (Å²) in [5.74, 6) is -0.0620. The second-order valence-corrected chi connectivity index (χ2v) is 11.1. The van der Waals surface area contributed by atoms with Crippen LogP contribution in [0.3, 0.4) is 0 Å². The van der Waals surface area contributed by atoms with E-state index in [4.69, 9.17) is 0 Å². The van der Waals surface area contributed by atoms with E-state index in [0.29, 0.717) is 24.6 Å². The molecule has 3 rings (SSSR count). The van der Waals surface area contributed by atoms with Crippen molar-refractivity contribution in [2.24, 2.45) is 11.8 Å². The van der Waals surface area contributed by atoms with E-state index >= 15 is 0 Å². The summed E-state index contributed by atoms with van der Waals surface area (Å²) in [4.78, 5) is 36.3. The minimum absolute atomic E-state index is 0.0266. The van der Waals surface area contributed by atoms with Crippen molar-refractivity contribution in [3.05, 3.63) is 59.7 Å². The number of benzene rings is 1. The Morgan fingerprint density at radius 3 is 2.11 bits per heavy atom. The van der Waals surface area contributed by atoms with Crippen LogP contribution in [0.1, 0.15) is 133 Å². The van der Waals surface area contributed by atoms with Crippen molar-refractivity contribution in [1.82, 2.24) is 9.97 Å². The molecule has 0 N–H and O–H groups in total. The van der Waals surface area contributed by atoms with Crippen LogP contribution in [0.2, 0.25) is 0 Å². The van der Waals surface area contributed by atoms with Gasteiger partial charge in [-0.15, -0.1) is 0 Å². The number of Topliss-reactive ketones (excluding diaryl/α,β-unsaturated/α-hetero) is 2. The van der Waals surface area contributed by atoms with Gasteiger partial charge < -0.3 is 0 Å². The van der Waals surface area contributed by atoms with Crippen molar-refractivity contribution in [2.45, 2.75) is 122 Å². The maximum absolute atomic E-state index is 13.8. The summed E-state index contributed by atoms with van der Waals surface area (Å²) in [5, 5.41) is 0. The second kappa shape index (κ2) is 16.5. The van der Waals surface area contributed by atoms with Gasteiger partial charge in [-0.25, -0.2) is 9.97 Å². The lowest BCUT2D eigenvalue weighted by atomic mass is 9.73. The van der Waals surface area contributed by atoms with Gasteiger partial charge in [0, 0.05) is 18.8 Å². The fourth-order valence-electron chi connectivity index (χ4n) is 5.72. The molecule has 1 heterocycles. The topological polar surface area (TPSA) is 59.9 Å². The summed E-state index contributed by atoms with van der Waals surface area (Å²) in [5.41, 5.74) is 2.00. The van der Waals surface area contributed by atoms with E-state index in [1.807, 2.05) is 42.7 Å². The summed E-state index contributed by atoms with van der Waals surface area (Å²) in [6.07, 6.45) is 21.9. The second-order valence-electron chi connectivity index (χ2n) is 11.1. The van der Waals surface area contributed by atoms with Gasteiger partial charge in [0.05, 0.1) is 5.92 Å². The number of nitrogens with zero attached hydrogens (tertiary/aromatic N) is 2. The summed E-state index contributed by atoms with van der Waals surface area (Å²) >= 11 is 0. The lowest BCUT2D eigenvalue weighted by Crippen LogP contribution is -2.35. The molecule has 37 heavy (non-hydrogen) atoms. The average molecular weight is 505 g/mol. The molecule has 3 unspecified atom stereocenters. The largest absolute Gasteiger partial charge is 0.299 e. The van der Waals surface area contributed by atoms with E-state index in [2.05, 4.69) is 23.8 Å². The number of carbonyl (C=O) groups is 2. The lowest BCUT2D eigenvalue weighted by Gasteiger charge is -2.29. The summed E-state index contributed by atoms with van der Waals surface area (Å²) in [7, 11) is 0. The predicted octanol–water partition coefficient (Wildman–Crippen LogP) is 8.43. The predicted molar refractivity (Wildman–Crippen MR) is 152 cm³/mol. The maximum Gasteiger partial charge on any atom is 0.158 e. The van der Waals surface area contributed by atoms with E-state index in [9.17, 15) is 9.59 Å². The highest BCUT2D eigenvalue weighted by Gasteiger charge is 2.38. The van der Waals surface area contributed by atoms with E-state index in [0.717, 1.165) is 36.8 Å². The molecule has 0 saturated heterocycles. The van der Waals surface area contributed by atoms with E-state index < -0.39 is 11.8 Å². The van der Waals surface area contributed by atoms with Crippen LogP contribution in [-0.2, 0) is 16.0 Å². The molecule has 1 saturated carbocycles. The monoisotopic (exact) mass is 504 g/mol. The van der Waals surface area contributed by atoms with E-state index in [1.165, 1.54) is 64.2 Å². The van der Waals surface area contributed by atoms with Crippen molar-refractivity contribution in [3.63, 3.8) is 0 Å². The van der Waals surface area contributed by atoms with Crippen molar-refractivity contribution < 1.29 is 9.59 Å². The number of unbranched alkanes of at least 4 members (excludes halogenated alkanes) is 9. The smallest absolute Gasteiger partial charge is 0.158 e. The molecular formula is C33H48N2O2. The zero-order valence-electron chi connectivity index (χ0n) is 23.3. The number of hydrogen-bond donors (Lipinski definition) is 0. The minimum atomic E-state index is -0.580. The van der Waals surface area contributed by atoms with Crippen LogP contribution in [-0.4, -0.2) is 21.5 Å². The number of hydrogen-bond acceptors (Lipinski definition) is 4. The van der Waals surface area contributed by atoms with Gasteiger partial charge in [-0.1, -0.05) is 115 Å². The quantitative estimate of drug-likeness (QED) is 0.160. The Hall–Kier alpha value is -2.36. The third-order valence-electron chi connectivity index (χ3n) is 8.02. The first-order valence-corrected chi connectivity index (χ1v) is 15.1. The first-order chi connectivity index (χ1) is 18.1. The number of aromatic nitrogens is 2. The SMILES string of the molecule is CCCCCCCCc1cnc(C(C(=O)C2CCC(CCCCCCC)CC2=O)c2ccccc2)nc1. The Morgan fingerprint density at radius 2 is 1.46 bits per heavy atom. The fraction of sp³-hybridized carbons (Fsp3) is 0.636. The molecule has 0 amide bonds. The Morgan fingerprint density at radius 1 is 0.838 bits per heavy atom. The summed E-state index contributed by atoms with van der Waals surface area (Å²) in [6, 6.07) is 9.76. The molecule has 4 nitrogen and oxygen atoms in total. The Kier molecular flexibility index (Phi) is 13.0. The maximum atomic E-state index is 13.8. The van der Waals surface area contributed by atoms with Gasteiger partial charge in [-0.05, 0) is 42.7 Å². The van der Waals surface area contributed by atoms with Crippen LogP contribution in [0.25, 0.3) is 0 Å². The molecule has 0 spiro atoms. The zero-order chi connectivity index (χ0) is 26.3. The molecule has 1 aliphatic rings. The first-order valence-electron chi connectivity index (χ1n) is 15.1. The van der Waals surface area contributed by atoms with Crippen molar-refractivity contribution >= 4 is 11.6 Å². The lowest BCUT2D eigenvalue weighted by molar-refractivity contribution is -0.135. The Bertz CT molecular complexity index is 925. The number of rotatable bonds is 17. The Labute approximate surface area is 225 Å². The molecule has 1 aromatic carbocycles. The van der Waals surface area contributed by atoms with Gasteiger partial charge in [0.15, 0.2) is 5.78 Å². The van der Waals surface area contributed by atoms with Crippen LogP contribution in [0.4, 0.5) is 0 Å². The number of carbonyl (C=O) groups excluding carboxylic acids is 2. The van der Waals surface area contributed by atoms with Gasteiger partial charge in [0.25, 0.3) is 0 Å². The highest BCUT2D eigenvalue weighted by Crippen LogP contribution is 2.35. The molecule has 3 atom stereocenters. The van der Waals surface area contributed by atoms with E-state index in [-0.39, 0.29) is 11.6 Å². The fourth-order valence-corrected chi connectivity index (χ4v) is 5.72. The van der Waals surface area contributed by atoms with Crippen molar-refractivity contribution in [1.29, 1.82) is 0 Å². The standard InChI is InChI=1S/C33H48N2O2/c1-3-5-7-9-11-14-18-27-24-34-33(35-25-27)31(28-19-15-12-16-20-28)32(37)29-22-21-26(23-30(29)36)17-13-10-8-6-4-2/h12,15-16,19-20,24-26,29,31H,3-11,13-14,17-18,21-23H2,1-2H3. The van der Waals surface area contributed by atoms with Crippen LogP contribution in [0.15, 0.2) is 42.7 Å². The van der Waals surface area contributed by atoms with Crippen LogP contribution >= 0.6 is 0 Å². The van der Waals surface area contributed by atoms with Crippen LogP contribution in [0.5, 0.6) is 0 Å². The van der Waals surface area contributed by atoms with Gasteiger partial charge in [-0.2, -0.15) is 0 Å². The normalized spacial score (nSPS) is 18.6. The summed E-state index contributed by atoms with van der Waals surface area (Å²) < 4.78 is 0. The molecule has 0 radical (unpaired) electrons. The first kappa shape index (κ1) is 29.2. The molecule has 1 fully saturated rings. The molecule has 202 valence electrons. The van der Waals surface area contributed by atoms with E-state index in [1.54, 1.807) is 0 Å². The molecular weight excluding hydrogens is 456 g/mol. The molecule has 0 bridgehead atoms. The minimum Gasteiger partial charge on any atom is -0.299 e. The van der Waals surface area contributed by atoms with Gasteiger partial charge in [-0.3, -0.25) is 9.59 Å². The summed E-state index contributed by atoms with van der Waals surface area (Å²) in [6.45, 7) is 4.47. The highest BCUT2D eigenvalue weighted by atomic mass is 16.2. The molecule has 0 aliphatic heterocycles. The average Bonchev–Trinajstić information content (AvgIpc) is 2.92. The van der Waals surface area contributed by atoms with Crippen molar-refractivity contribution in [3.8, 4) is 0 Å². The van der Waals surface area contributed by atoms with Gasteiger partial charge >= 0.3 is 0 Å². The Balaban J connectivity index is 1.61. The van der Waals surface area contributed by atoms with Crippen molar-refractivity contribution in [2.75, 3.05) is 0 Å². The highest BCUT2D eigenvalue weighted by molar-refractivity contribution is 6.06. The number of aryl methyl sites for hydroxylation is 1. The molecule has 1 aromatic heterocycles.